The minimum atomic E-state index is -0.474. The molecular formula is C11H21NO2. The number of carbonyl (C=O) groups excluding carboxylic acids is 1. The van der Waals surface area contributed by atoms with E-state index in [1.54, 1.807) is 0 Å². The zero-order valence-corrected chi connectivity index (χ0v) is 9.81. The minimum absolute atomic E-state index is 0.127. The highest BCUT2D eigenvalue weighted by Gasteiger charge is 2.53. The maximum Gasteiger partial charge on any atom is 0.326 e. The number of carbonyl (C=O) groups is 1. The molecule has 0 aromatic carbocycles. The van der Waals surface area contributed by atoms with E-state index < -0.39 is 5.54 Å². The molecule has 0 heterocycles. The lowest BCUT2D eigenvalue weighted by Gasteiger charge is -2.30. The molecule has 0 radical (unpaired) electrons. The number of hydrogen-bond acceptors (Lipinski definition) is 3. The van der Waals surface area contributed by atoms with Gasteiger partial charge in [-0.1, -0.05) is 20.8 Å². The molecule has 0 bridgehead atoms. The fourth-order valence-electron chi connectivity index (χ4n) is 2.90. The SMILES string of the molecule is CNC1(C(=O)OC)CC(C)(C)CC1C. The van der Waals surface area contributed by atoms with Crippen LogP contribution in [0.15, 0.2) is 0 Å². The van der Waals surface area contributed by atoms with Crippen molar-refractivity contribution in [2.24, 2.45) is 11.3 Å². The zero-order chi connectivity index (χ0) is 11.0. The molecule has 1 rings (SSSR count). The Hall–Kier alpha value is -0.570. The second-order valence-electron chi connectivity index (χ2n) is 5.16. The maximum atomic E-state index is 11.8. The Labute approximate surface area is 86.2 Å². The van der Waals surface area contributed by atoms with Gasteiger partial charge in [0.15, 0.2) is 0 Å². The number of rotatable bonds is 2. The fourth-order valence-corrected chi connectivity index (χ4v) is 2.90. The molecule has 1 saturated carbocycles. The third-order valence-corrected chi connectivity index (χ3v) is 3.45. The van der Waals surface area contributed by atoms with Crippen LogP contribution < -0.4 is 5.32 Å². The Morgan fingerprint density at radius 2 is 2.07 bits per heavy atom. The van der Waals surface area contributed by atoms with Crippen molar-refractivity contribution in [2.45, 2.75) is 39.2 Å². The first kappa shape index (κ1) is 11.5. The van der Waals surface area contributed by atoms with Crippen molar-refractivity contribution < 1.29 is 9.53 Å². The lowest BCUT2D eigenvalue weighted by molar-refractivity contribution is -0.150. The lowest BCUT2D eigenvalue weighted by Crippen LogP contribution is -2.53. The highest BCUT2D eigenvalue weighted by Crippen LogP contribution is 2.47. The first-order chi connectivity index (χ1) is 6.38. The Kier molecular flexibility index (Phi) is 2.91. The summed E-state index contributed by atoms with van der Waals surface area (Å²) in [5.74, 6) is 0.202. The predicted molar refractivity (Wildman–Crippen MR) is 56.0 cm³/mol. The van der Waals surface area contributed by atoms with E-state index in [4.69, 9.17) is 4.74 Å². The van der Waals surface area contributed by atoms with E-state index in [9.17, 15) is 4.79 Å². The van der Waals surface area contributed by atoms with Crippen molar-refractivity contribution in [2.75, 3.05) is 14.2 Å². The van der Waals surface area contributed by atoms with Crippen molar-refractivity contribution in [1.29, 1.82) is 0 Å². The summed E-state index contributed by atoms with van der Waals surface area (Å²) in [6.07, 6.45) is 1.91. The Balaban J connectivity index is 2.96. The van der Waals surface area contributed by atoms with Gasteiger partial charge < -0.3 is 10.1 Å². The van der Waals surface area contributed by atoms with Crippen LogP contribution in [-0.4, -0.2) is 25.7 Å². The zero-order valence-electron chi connectivity index (χ0n) is 9.81. The van der Waals surface area contributed by atoms with Gasteiger partial charge in [0.25, 0.3) is 0 Å². The van der Waals surface area contributed by atoms with Crippen molar-refractivity contribution in [1.82, 2.24) is 5.32 Å². The summed E-state index contributed by atoms with van der Waals surface area (Å²) in [6.45, 7) is 6.51. The molecule has 0 aromatic heterocycles. The normalized spacial score (nSPS) is 35.6. The summed E-state index contributed by atoms with van der Waals surface area (Å²) in [5.41, 5.74) is -0.255. The topological polar surface area (TPSA) is 38.3 Å². The summed E-state index contributed by atoms with van der Waals surface area (Å²) in [5, 5.41) is 3.16. The predicted octanol–water partition coefficient (Wildman–Crippen LogP) is 1.57. The van der Waals surface area contributed by atoms with Crippen LogP contribution in [0.4, 0.5) is 0 Å². The van der Waals surface area contributed by atoms with Crippen LogP contribution >= 0.6 is 0 Å². The van der Waals surface area contributed by atoms with Crippen molar-refractivity contribution in [3.05, 3.63) is 0 Å². The summed E-state index contributed by atoms with van der Waals surface area (Å²) in [6, 6.07) is 0. The number of hydrogen-bond donors (Lipinski definition) is 1. The Morgan fingerprint density at radius 1 is 1.50 bits per heavy atom. The van der Waals surface area contributed by atoms with Crippen LogP contribution in [0.25, 0.3) is 0 Å². The molecular weight excluding hydrogens is 178 g/mol. The molecule has 1 N–H and O–H groups in total. The molecule has 0 aliphatic heterocycles. The molecule has 82 valence electrons. The quantitative estimate of drug-likeness (QED) is 0.686. The minimum Gasteiger partial charge on any atom is -0.468 e. The summed E-state index contributed by atoms with van der Waals surface area (Å²) in [4.78, 5) is 11.8. The van der Waals surface area contributed by atoms with Gasteiger partial charge in [-0.2, -0.15) is 0 Å². The van der Waals surface area contributed by atoms with Gasteiger partial charge in [-0.25, -0.2) is 0 Å². The molecule has 1 fully saturated rings. The number of methoxy groups -OCH3 is 1. The molecule has 0 spiro atoms. The van der Waals surface area contributed by atoms with Gasteiger partial charge >= 0.3 is 5.97 Å². The average Bonchev–Trinajstić information content (AvgIpc) is 2.35. The number of esters is 1. The van der Waals surface area contributed by atoms with E-state index in [1.165, 1.54) is 7.11 Å². The second kappa shape index (κ2) is 3.54. The average molecular weight is 199 g/mol. The van der Waals surface area contributed by atoms with E-state index >= 15 is 0 Å². The van der Waals surface area contributed by atoms with Crippen LogP contribution in [0, 0.1) is 11.3 Å². The molecule has 2 atom stereocenters. The maximum absolute atomic E-state index is 11.8. The molecule has 3 heteroatoms. The molecule has 0 saturated heterocycles. The smallest absolute Gasteiger partial charge is 0.326 e. The first-order valence-corrected chi connectivity index (χ1v) is 5.15. The van der Waals surface area contributed by atoms with Crippen LogP contribution in [0.1, 0.15) is 33.6 Å². The molecule has 1 aliphatic rings. The third-order valence-electron chi connectivity index (χ3n) is 3.45. The summed E-state index contributed by atoms with van der Waals surface area (Å²) >= 11 is 0. The monoisotopic (exact) mass is 199 g/mol. The highest BCUT2D eigenvalue weighted by atomic mass is 16.5. The van der Waals surface area contributed by atoms with E-state index in [1.807, 2.05) is 7.05 Å². The molecule has 2 unspecified atom stereocenters. The van der Waals surface area contributed by atoms with E-state index in [0.717, 1.165) is 12.8 Å². The number of likely N-dealkylation sites (N-methyl/N-ethyl adjacent to an activating group) is 1. The van der Waals surface area contributed by atoms with Gasteiger partial charge in [0, 0.05) is 0 Å². The number of nitrogens with one attached hydrogen (secondary N) is 1. The molecule has 1 aliphatic carbocycles. The van der Waals surface area contributed by atoms with E-state index in [-0.39, 0.29) is 11.4 Å². The van der Waals surface area contributed by atoms with Crippen LogP contribution in [0.5, 0.6) is 0 Å². The second-order valence-corrected chi connectivity index (χ2v) is 5.16. The summed E-state index contributed by atoms with van der Waals surface area (Å²) in [7, 11) is 3.30. The highest BCUT2D eigenvalue weighted by molar-refractivity contribution is 5.81. The van der Waals surface area contributed by atoms with Crippen LogP contribution in [-0.2, 0) is 9.53 Å². The van der Waals surface area contributed by atoms with E-state index in [0.29, 0.717) is 5.92 Å². The van der Waals surface area contributed by atoms with Gasteiger partial charge in [-0.05, 0) is 31.2 Å². The van der Waals surface area contributed by atoms with Crippen LogP contribution in [0.2, 0.25) is 0 Å². The van der Waals surface area contributed by atoms with Crippen molar-refractivity contribution >= 4 is 5.97 Å². The molecule has 14 heavy (non-hydrogen) atoms. The van der Waals surface area contributed by atoms with Crippen molar-refractivity contribution in [3.8, 4) is 0 Å². The van der Waals surface area contributed by atoms with Crippen LogP contribution in [0.3, 0.4) is 0 Å². The number of ether oxygens (including phenoxy) is 1. The van der Waals surface area contributed by atoms with Gasteiger partial charge in [0.2, 0.25) is 0 Å². The van der Waals surface area contributed by atoms with E-state index in [2.05, 4.69) is 26.1 Å². The van der Waals surface area contributed by atoms with Gasteiger partial charge in [-0.3, -0.25) is 4.79 Å². The van der Waals surface area contributed by atoms with Gasteiger partial charge in [-0.15, -0.1) is 0 Å². The summed E-state index contributed by atoms with van der Waals surface area (Å²) < 4.78 is 4.89. The fraction of sp³-hybridized carbons (Fsp3) is 0.909. The molecule has 0 aromatic rings. The Bertz CT molecular complexity index is 237. The van der Waals surface area contributed by atoms with Gasteiger partial charge in [0.1, 0.15) is 5.54 Å². The molecule has 3 nitrogen and oxygen atoms in total. The van der Waals surface area contributed by atoms with Gasteiger partial charge in [0.05, 0.1) is 7.11 Å². The standard InChI is InChI=1S/C11H21NO2/c1-8-6-10(2,3)7-11(8,12-4)9(13)14-5/h8,12H,6-7H2,1-5H3. The Morgan fingerprint density at radius 3 is 2.36 bits per heavy atom. The third kappa shape index (κ3) is 1.65. The first-order valence-electron chi connectivity index (χ1n) is 5.15. The van der Waals surface area contributed by atoms with Crippen molar-refractivity contribution in [3.63, 3.8) is 0 Å². The lowest BCUT2D eigenvalue weighted by atomic mass is 9.86. The molecule has 0 amide bonds. The largest absolute Gasteiger partial charge is 0.468 e.